The van der Waals surface area contributed by atoms with Gasteiger partial charge in [-0.15, -0.1) is 0 Å². The lowest BCUT2D eigenvalue weighted by atomic mass is 10.0. The summed E-state index contributed by atoms with van der Waals surface area (Å²) in [6.07, 6.45) is 69.0. The van der Waals surface area contributed by atoms with Gasteiger partial charge in [0.2, 0.25) is 0 Å². The summed E-state index contributed by atoms with van der Waals surface area (Å²) in [6, 6.07) is 0. The third-order valence-corrected chi connectivity index (χ3v) is 12.0. The van der Waals surface area contributed by atoms with Crippen molar-refractivity contribution in [3.8, 4) is 0 Å². The predicted molar refractivity (Wildman–Crippen MR) is 284 cm³/mol. The molecule has 0 rings (SSSR count). The second-order valence-electron chi connectivity index (χ2n) is 18.5. The zero-order valence-electron chi connectivity index (χ0n) is 43.4. The number of ether oxygens (including phenoxy) is 3. The number of rotatable bonds is 50. The molecule has 0 aliphatic carbocycles. The average molecular weight is 921 g/mol. The van der Waals surface area contributed by atoms with Gasteiger partial charge in [-0.3, -0.25) is 14.4 Å². The maximum absolute atomic E-state index is 12.8. The van der Waals surface area contributed by atoms with Crippen LogP contribution in [0.15, 0.2) is 72.9 Å². The van der Waals surface area contributed by atoms with E-state index in [1.807, 2.05) is 6.08 Å². The fourth-order valence-corrected chi connectivity index (χ4v) is 7.78. The molecule has 0 aromatic heterocycles. The molecule has 0 heterocycles. The highest BCUT2D eigenvalue weighted by molar-refractivity contribution is 5.71. The van der Waals surface area contributed by atoms with E-state index in [1.54, 1.807) is 0 Å². The molecule has 0 aromatic rings. The lowest BCUT2D eigenvalue weighted by Gasteiger charge is -2.18. The van der Waals surface area contributed by atoms with Gasteiger partial charge in [-0.2, -0.15) is 0 Å². The molecule has 0 aliphatic heterocycles. The summed E-state index contributed by atoms with van der Waals surface area (Å²) in [5, 5.41) is 0. The molecule has 0 aromatic carbocycles. The van der Waals surface area contributed by atoms with Crippen LogP contribution in [0.25, 0.3) is 0 Å². The summed E-state index contributed by atoms with van der Waals surface area (Å²) in [5.41, 5.74) is 0. The molecular formula is C60H104O6. The Morgan fingerprint density at radius 1 is 0.318 bits per heavy atom. The van der Waals surface area contributed by atoms with Gasteiger partial charge in [0, 0.05) is 19.3 Å². The van der Waals surface area contributed by atoms with E-state index >= 15 is 0 Å². The monoisotopic (exact) mass is 921 g/mol. The first-order chi connectivity index (χ1) is 32.5. The molecule has 6 nitrogen and oxygen atoms in total. The van der Waals surface area contributed by atoms with Crippen LogP contribution in [0.5, 0.6) is 0 Å². The SMILES string of the molecule is CC/C=C/C/C=C/C/C=C/C/C=C/CCCCCCCCC(=O)OCC(COC(=O)CC/C=C/C/C=C/CCCCCCCC)OC(=O)CCCCCCCCCCCCCCCCCC. The first kappa shape index (κ1) is 62.8. The molecule has 0 spiro atoms. The smallest absolute Gasteiger partial charge is 0.306 e. The molecule has 0 saturated heterocycles. The maximum atomic E-state index is 12.8. The highest BCUT2D eigenvalue weighted by atomic mass is 16.6. The molecule has 0 N–H and O–H groups in total. The topological polar surface area (TPSA) is 78.9 Å². The van der Waals surface area contributed by atoms with E-state index in [1.165, 1.54) is 135 Å². The van der Waals surface area contributed by atoms with Crippen LogP contribution in [0.4, 0.5) is 0 Å². The molecule has 0 bridgehead atoms. The molecule has 66 heavy (non-hydrogen) atoms. The van der Waals surface area contributed by atoms with Crippen LogP contribution in [-0.4, -0.2) is 37.2 Å². The first-order valence-corrected chi connectivity index (χ1v) is 27.9. The molecule has 380 valence electrons. The van der Waals surface area contributed by atoms with Crippen LogP contribution < -0.4 is 0 Å². The number of hydrogen-bond acceptors (Lipinski definition) is 6. The van der Waals surface area contributed by atoms with Crippen LogP contribution in [-0.2, 0) is 28.6 Å². The summed E-state index contributed by atoms with van der Waals surface area (Å²) in [7, 11) is 0. The fourth-order valence-electron chi connectivity index (χ4n) is 7.78. The Morgan fingerprint density at radius 3 is 1.02 bits per heavy atom. The van der Waals surface area contributed by atoms with E-state index in [4.69, 9.17) is 14.2 Å². The van der Waals surface area contributed by atoms with E-state index in [2.05, 4.69) is 87.6 Å². The van der Waals surface area contributed by atoms with Gasteiger partial charge >= 0.3 is 17.9 Å². The summed E-state index contributed by atoms with van der Waals surface area (Å²) < 4.78 is 16.8. The number of carbonyl (C=O) groups is 3. The molecule has 0 saturated carbocycles. The molecule has 1 unspecified atom stereocenters. The Bertz CT molecular complexity index is 1240. The van der Waals surface area contributed by atoms with Crippen LogP contribution >= 0.6 is 0 Å². The highest BCUT2D eigenvalue weighted by Crippen LogP contribution is 2.16. The molecular weight excluding hydrogens is 817 g/mol. The summed E-state index contributed by atoms with van der Waals surface area (Å²) in [6.45, 7) is 6.47. The predicted octanol–water partition coefficient (Wildman–Crippen LogP) is 18.6. The molecule has 0 radical (unpaired) electrons. The van der Waals surface area contributed by atoms with Gasteiger partial charge in [-0.25, -0.2) is 0 Å². The van der Waals surface area contributed by atoms with Crippen LogP contribution in [0.1, 0.15) is 271 Å². The third kappa shape index (κ3) is 51.8. The van der Waals surface area contributed by atoms with Gasteiger partial charge in [-0.05, 0) is 77.0 Å². The number of allylic oxidation sites excluding steroid dienone is 12. The van der Waals surface area contributed by atoms with Gasteiger partial charge in [0.25, 0.3) is 0 Å². The minimum absolute atomic E-state index is 0.0981. The fraction of sp³-hybridized carbons (Fsp3) is 0.750. The standard InChI is InChI=1S/C60H104O6/c1-4-7-10-13-16-19-22-25-27-29-30-31-33-35-38-41-44-47-50-53-59(62)65-56-57(55-64-58(61)52-49-46-43-40-37-34-24-21-18-15-12-9-6-3)66-60(63)54-51-48-45-42-39-36-32-28-26-23-20-17-14-11-8-5-2/h7,10,16,19,25,27,30-31,34,37,43,46,57H,4-6,8-9,11-15,17-18,20-24,26,28-29,32-33,35-36,38-42,44-45,47-56H2,1-3H3/b10-7+,19-16+,27-25+,31-30+,37-34+,46-43+. The van der Waals surface area contributed by atoms with Crippen molar-refractivity contribution >= 4 is 17.9 Å². The summed E-state index contributed by atoms with van der Waals surface area (Å²) in [4.78, 5) is 38.1. The molecule has 0 fully saturated rings. The van der Waals surface area contributed by atoms with Crippen LogP contribution in [0.2, 0.25) is 0 Å². The summed E-state index contributed by atoms with van der Waals surface area (Å²) >= 11 is 0. The Kier molecular flexibility index (Phi) is 51.9. The van der Waals surface area contributed by atoms with Crippen molar-refractivity contribution in [3.63, 3.8) is 0 Å². The number of hydrogen-bond donors (Lipinski definition) is 0. The van der Waals surface area contributed by atoms with Crippen molar-refractivity contribution in [1.29, 1.82) is 0 Å². The van der Waals surface area contributed by atoms with Crippen molar-refractivity contribution in [2.75, 3.05) is 13.2 Å². The number of carbonyl (C=O) groups excluding carboxylic acids is 3. The Hall–Kier alpha value is -3.15. The first-order valence-electron chi connectivity index (χ1n) is 27.9. The zero-order valence-corrected chi connectivity index (χ0v) is 43.4. The van der Waals surface area contributed by atoms with Crippen LogP contribution in [0, 0.1) is 0 Å². The quantitative estimate of drug-likeness (QED) is 0.0262. The normalized spacial score (nSPS) is 12.6. The minimum atomic E-state index is -0.802. The van der Waals surface area contributed by atoms with Crippen molar-refractivity contribution in [2.45, 2.75) is 277 Å². The van der Waals surface area contributed by atoms with E-state index in [-0.39, 0.29) is 37.5 Å². The number of unbranched alkanes of at least 4 members (excludes halogenated alkanes) is 27. The van der Waals surface area contributed by atoms with E-state index in [9.17, 15) is 14.4 Å². The lowest BCUT2D eigenvalue weighted by molar-refractivity contribution is -0.166. The minimum Gasteiger partial charge on any atom is -0.462 e. The van der Waals surface area contributed by atoms with Gasteiger partial charge in [0.1, 0.15) is 13.2 Å². The van der Waals surface area contributed by atoms with Crippen molar-refractivity contribution in [3.05, 3.63) is 72.9 Å². The van der Waals surface area contributed by atoms with Gasteiger partial charge in [-0.1, -0.05) is 248 Å². The second-order valence-corrected chi connectivity index (χ2v) is 18.5. The van der Waals surface area contributed by atoms with Gasteiger partial charge in [0.05, 0.1) is 0 Å². The van der Waals surface area contributed by atoms with Crippen LogP contribution in [0.3, 0.4) is 0 Å². The highest BCUT2D eigenvalue weighted by Gasteiger charge is 2.19. The maximum Gasteiger partial charge on any atom is 0.306 e. The lowest BCUT2D eigenvalue weighted by Crippen LogP contribution is -2.30. The van der Waals surface area contributed by atoms with Gasteiger partial charge in [0.15, 0.2) is 6.10 Å². The van der Waals surface area contributed by atoms with E-state index in [0.29, 0.717) is 19.3 Å². The van der Waals surface area contributed by atoms with Crippen molar-refractivity contribution in [1.82, 2.24) is 0 Å². The van der Waals surface area contributed by atoms with Crippen molar-refractivity contribution < 1.29 is 28.6 Å². The molecule has 0 aliphatic rings. The van der Waals surface area contributed by atoms with E-state index < -0.39 is 6.10 Å². The van der Waals surface area contributed by atoms with E-state index in [0.717, 1.165) is 89.9 Å². The Balaban J connectivity index is 4.43. The largest absolute Gasteiger partial charge is 0.462 e. The number of esters is 3. The zero-order chi connectivity index (χ0) is 47.9. The second kappa shape index (κ2) is 54.5. The van der Waals surface area contributed by atoms with Gasteiger partial charge < -0.3 is 14.2 Å². The average Bonchev–Trinajstić information content (AvgIpc) is 3.31. The summed E-state index contributed by atoms with van der Waals surface area (Å²) in [5.74, 6) is -0.973. The Labute approximate surface area is 408 Å². The molecule has 1 atom stereocenters. The Morgan fingerprint density at radius 2 is 0.621 bits per heavy atom. The molecule has 6 heteroatoms. The molecule has 0 amide bonds. The third-order valence-electron chi connectivity index (χ3n) is 12.0. The van der Waals surface area contributed by atoms with Crippen molar-refractivity contribution in [2.24, 2.45) is 0 Å².